The Kier molecular flexibility index (Phi) is 5.63. The summed E-state index contributed by atoms with van der Waals surface area (Å²) in [6, 6.07) is 0.122. The van der Waals surface area contributed by atoms with Gasteiger partial charge >= 0.3 is 12.0 Å². The SMILES string of the molecule is CN(C(=O)NCC(C)(C)C(=O)O)C1CCCCCC1. The largest absolute Gasteiger partial charge is 0.481 e. The molecule has 0 aromatic heterocycles. The summed E-state index contributed by atoms with van der Waals surface area (Å²) in [6.07, 6.45) is 6.93. The highest BCUT2D eigenvalue weighted by Crippen LogP contribution is 2.21. The van der Waals surface area contributed by atoms with Gasteiger partial charge < -0.3 is 15.3 Å². The Hall–Kier alpha value is -1.26. The molecule has 1 saturated carbocycles. The summed E-state index contributed by atoms with van der Waals surface area (Å²) in [4.78, 5) is 24.8. The zero-order valence-electron chi connectivity index (χ0n) is 12.2. The Morgan fingerprint density at radius 2 is 1.74 bits per heavy atom. The first kappa shape index (κ1) is 15.8. The van der Waals surface area contributed by atoms with Crippen molar-refractivity contribution in [3.63, 3.8) is 0 Å². The summed E-state index contributed by atoms with van der Waals surface area (Å²) in [7, 11) is 1.80. The van der Waals surface area contributed by atoms with E-state index < -0.39 is 11.4 Å². The minimum absolute atomic E-state index is 0.151. The summed E-state index contributed by atoms with van der Waals surface area (Å²) in [6.45, 7) is 3.38. The van der Waals surface area contributed by atoms with E-state index in [9.17, 15) is 9.59 Å². The Morgan fingerprint density at radius 1 is 1.21 bits per heavy atom. The minimum Gasteiger partial charge on any atom is -0.481 e. The van der Waals surface area contributed by atoms with Crippen LogP contribution in [0.2, 0.25) is 0 Å². The van der Waals surface area contributed by atoms with Gasteiger partial charge in [-0.25, -0.2) is 4.79 Å². The molecule has 2 amide bonds. The molecule has 0 radical (unpaired) electrons. The van der Waals surface area contributed by atoms with E-state index in [2.05, 4.69) is 5.32 Å². The number of nitrogens with zero attached hydrogens (tertiary/aromatic N) is 1. The number of carboxylic acids is 1. The van der Waals surface area contributed by atoms with Crippen molar-refractivity contribution in [2.45, 2.75) is 58.4 Å². The van der Waals surface area contributed by atoms with Crippen LogP contribution in [0.4, 0.5) is 4.79 Å². The Balaban J connectivity index is 2.46. The molecule has 0 spiro atoms. The molecule has 0 aromatic carbocycles. The number of nitrogens with one attached hydrogen (secondary N) is 1. The van der Waals surface area contributed by atoms with Crippen molar-refractivity contribution in [1.82, 2.24) is 10.2 Å². The Labute approximate surface area is 115 Å². The first-order valence-electron chi connectivity index (χ1n) is 7.08. The molecule has 0 unspecified atom stereocenters. The average molecular weight is 270 g/mol. The zero-order valence-corrected chi connectivity index (χ0v) is 12.2. The van der Waals surface area contributed by atoms with Gasteiger partial charge in [-0.05, 0) is 26.7 Å². The van der Waals surface area contributed by atoms with Gasteiger partial charge in [0.05, 0.1) is 5.41 Å². The van der Waals surface area contributed by atoms with Crippen molar-refractivity contribution < 1.29 is 14.7 Å². The van der Waals surface area contributed by atoms with Gasteiger partial charge in [0.25, 0.3) is 0 Å². The van der Waals surface area contributed by atoms with Gasteiger partial charge in [0.1, 0.15) is 0 Å². The predicted octanol–water partition coefficient (Wildman–Crippen LogP) is 2.46. The van der Waals surface area contributed by atoms with Crippen molar-refractivity contribution in [1.29, 1.82) is 0 Å². The van der Waals surface area contributed by atoms with Gasteiger partial charge in [-0.15, -0.1) is 0 Å². The van der Waals surface area contributed by atoms with Crippen LogP contribution in [0.25, 0.3) is 0 Å². The van der Waals surface area contributed by atoms with Crippen molar-refractivity contribution in [3.05, 3.63) is 0 Å². The molecular weight excluding hydrogens is 244 g/mol. The van der Waals surface area contributed by atoms with E-state index in [-0.39, 0.29) is 18.6 Å². The molecule has 1 aliphatic rings. The Bertz CT molecular complexity index is 321. The number of amides is 2. The molecule has 110 valence electrons. The quantitative estimate of drug-likeness (QED) is 0.771. The minimum atomic E-state index is -0.931. The molecular formula is C14H26N2O3. The number of hydrogen-bond acceptors (Lipinski definition) is 2. The number of carboxylic acid groups (broad SMARTS) is 1. The van der Waals surface area contributed by atoms with E-state index in [1.807, 2.05) is 0 Å². The lowest BCUT2D eigenvalue weighted by molar-refractivity contribution is -0.146. The summed E-state index contributed by atoms with van der Waals surface area (Å²) in [5, 5.41) is 11.7. The standard InChI is InChI=1S/C14H26N2O3/c1-14(2,12(17)18)10-15-13(19)16(3)11-8-6-4-5-7-9-11/h11H,4-10H2,1-3H3,(H,15,19)(H,17,18). The second kappa shape index (κ2) is 6.78. The topological polar surface area (TPSA) is 69.6 Å². The monoisotopic (exact) mass is 270 g/mol. The van der Waals surface area contributed by atoms with Gasteiger partial charge in [-0.2, -0.15) is 0 Å². The first-order valence-corrected chi connectivity index (χ1v) is 7.08. The van der Waals surface area contributed by atoms with Crippen molar-refractivity contribution >= 4 is 12.0 Å². The van der Waals surface area contributed by atoms with Gasteiger partial charge in [-0.3, -0.25) is 4.79 Å². The molecule has 2 N–H and O–H groups in total. The fraction of sp³-hybridized carbons (Fsp3) is 0.857. The molecule has 0 atom stereocenters. The van der Waals surface area contributed by atoms with E-state index >= 15 is 0 Å². The molecule has 0 bridgehead atoms. The fourth-order valence-corrected chi connectivity index (χ4v) is 2.31. The summed E-state index contributed by atoms with van der Waals surface area (Å²) < 4.78 is 0. The highest BCUT2D eigenvalue weighted by Gasteiger charge is 2.29. The molecule has 0 saturated heterocycles. The van der Waals surface area contributed by atoms with Crippen LogP contribution in [0.5, 0.6) is 0 Å². The summed E-state index contributed by atoms with van der Waals surface area (Å²) >= 11 is 0. The van der Waals surface area contributed by atoms with E-state index in [4.69, 9.17) is 5.11 Å². The molecule has 5 nitrogen and oxygen atoms in total. The Morgan fingerprint density at radius 3 is 2.21 bits per heavy atom. The summed E-state index contributed by atoms with van der Waals surface area (Å²) in [5.41, 5.74) is -0.931. The molecule has 1 rings (SSSR count). The van der Waals surface area contributed by atoms with E-state index in [0.717, 1.165) is 12.8 Å². The maximum absolute atomic E-state index is 12.0. The van der Waals surface area contributed by atoms with Gasteiger partial charge in [0.2, 0.25) is 0 Å². The smallest absolute Gasteiger partial charge is 0.317 e. The maximum Gasteiger partial charge on any atom is 0.317 e. The molecule has 5 heteroatoms. The van der Waals surface area contributed by atoms with Crippen LogP contribution < -0.4 is 5.32 Å². The summed E-state index contributed by atoms with van der Waals surface area (Å²) in [5.74, 6) is -0.898. The van der Waals surface area contributed by atoms with Crippen LogP contribution in [0.15, 0.2) is 0 Å². The third kappa shape index (κ3) is 4.73. The number of rotatable bonds is 4. The van der Waals surface area contributed by atoms with Crippen LogP contribution in [-0.4, -0.2) is 41.6 Å². The lowest BCUT2D eigenvalue weighted by Gasteiger charge is -2.29. The zero-order chi connectivity index (χ0) is 14.5. The van der Waals surface area contributed by atoms with Gasteiger partial charge in [0, 0.05) is 19.6 Å². The molecule has 0 heterocycles. The highest BCUT2D eigenvalue weighted by atomic mass is 16.4. The van der Waals surface area contributed by atoms with Crippen LogP contribution in [-0.2, 0) is 4.79 Å². The van der Waals surface area contributed by atoms with Gasteiger partial charge in [0.15, 0.2) is 0 Å². The van der Waals surface area contributed by atoms with E-state index in [1.165, 1.54) is 25.7 Å². The number of urea groups is 1. The maximum atomic E-state index is 12.0. The van der Waals surface area contributed by atoms with Gasteiger partial charge in [-0.1, -0.05) is 25.7 Å². The van der Waals surface area contributed by atoms with E-state index in [1.54, 1.807) is 25.8 Å². The molecule has 1 aliphatic carbocycles. The van der Waals surface area contributed by atoms with Crippen LogP contribution >= 0.6 is 0 Å². The highest BCUT2D eigenvalue weighted by molar-refractivity contribution is 5.77. The number of carbonyl (C=O) groups is 2. The number of aliphatic carboxylic acids is 1. The van der Waals surface area contributed by atoms with Crippen molar-refractivity contribution in [3.8, 4) is 0 Å². The predicted molar refractivity (Wildman–Crippen MR) is 74.1 cm³/mol. The number of hydrogen-bond donors (Lipinski definition) is 2. The van der Waals surface area contributed by atoms with Crippen LogP contribution in [0.3, 0.4) is 0 Å². The fourth-order valence-electron chi connectivity index (χ4n) is 2.31. The van der Waals surface area contributed by atoms with E-state index in [0.29, 0.717) is 0 Å². The molecule has 1 fully saturated rings. The van der Waals surface area contributed by atoms with Crippen molar-refractivity contribution in [2.75, 3.05) is 13.6 Å². The lowest BCUT2D eigenvalue weighted by Crippen LogP contribution is -2.47. The average Bonchev–Trinajstić information content (AvgIpc) is 2.63. The number of carbonyl (C=O) groups excluding carboxylic acids is 1. The van der Waals surface area contributed by atoms with Crippen LogP contribution in [0.1, 0.15) is 52.4 Å². The first-order chi connectivity index (χ1) is 8.84. The van der Waals surface area contributed by atoms with Crippen molar-refractivity contribution in [2.24, 2.45) is 5.41 Å². The lowest BCUT2D eigenvalue weighted by atomic mass is 9.94. The molecule has 0 aromatic rings. The second-order valence-electron chi connectivity index (χ2n) is 6.10. The third-order valence-electron chi connectivity index (χ3n) is 3.95. The van der Waals surface area contributed by atoms with Crippen LogP contribution in [0, 0.1) is 5.41 Å². The second-order valence-corrected chi connectivity index (χ2v) is 6.10. The normalized spacial score (nSPS) is 17.6. The molecule has 0 aliphatic heterocycles. The molecule has 19 heavy (non-hydrogen) atoms. The third-order valence-corrected chi connectivity index (χ3v) is 3.95.